The number of aromatic nitrogens is 1. The number of nitriles is 1. The first-order valence-electron chi connectivity index (χ1n) is 14.8. The molecule has 0 spiro atoms. The van der Waals surface area contributed by atoms with Crippen molar-refractivity contribution in [3.05, 3.63) is 94.8 Å². The van der Waals surface area contributed by atoms with E-state index < -0.39 is 28.0 Å². The van der Waals surface area contributed by atoms with E-state index in [1.807, 2.05) is 17.0 Å². The van der Waals surface area contributed by atoms with E-state index in [1.54, 1.807) is 17.0 Å². The van der Waals surface area contributed by atoms with E-state index in [0.29, 0.717) is 62.1 Å². The summed E-state index contributed by atoms with van der Waals surface area (Å²) in [7, 11) is -3.35. The van der Waals surface area contributed by atoms with Crippen LogP contribution in [-0.4, -0.2) is 85.4 Å². The molecule has 1 aromatic heterocycles. The number of piperidine rings is 2. The third-order valence-corrected chi connectivity index (χ3v) is 9.52. The predicted octanol–water partition coefficient (Wildman–Crippen LogP) is 3.43. The highest BCUT2D eigenvalue weighted by atomic mass is 32.2. The average Bonchev–Trinajstić information content (AvgIpc) is 3.05. The van der Waals surface area contributed by atoms with Gasteiger partial charge in [-0.1, -0.05) is 24.3 Å². The van der Waals surface area contributed by atoms with Gasteiger partial charge in [0.05, 0.1) is 28.1 Å². The molecule has 2 amide bonds. The van der Waals surface area contributed by atoms with Gasteiger partial charge in [-0.3, -0.25) is 24.3 Å². The topological polar surface area (TPSA) is 141 Å². The molecule has 3 aromatic rings. The summed E-state index contributed by atoms with van der Waals surface area (Å²) in [6.07, 6.45) is 2.58. The molecule has 10 nitrogen and oxygen atoms in total. The Hall–Kier alpha value is -4.47. The third kappa shape index (κ3) is 7.79. The van der Waals surface area contributed by atoms with Gasteiger partial charge in [0.1, 0.15) is 11.9 Å². The number of likely N-dealkylation sites (tertiary alicyclic amines) is 2. The van der Waals surface area contributed by atoms with Crippen molar-refractivity contribution in [1.29, 1.82) is 5.26 Å². The van der Waals surface area contributed by atoms with Crippen LogP contribution in [0.4, 0.5) is 4.39 Å². The summed E-state index contributed by atoms with van der Waals surface area (Å²) in [4.78, 5) is 46.8. The van der Waals surface area contributed by atoms with E-state index in [9.17, 15) is 27.2 Å². The molecule has 45 heavy (non-hydrogen) atoms. The number of pyridine rings is 1. The van der Waals surface area contributed by atoms with Gasteiger partial charge in [-0.25, -0.2) is 12.8 Å². The molecule has 2 aliphatic heterocycles. The number of Topliss-reactive ketones (excluding diaryl/α,β-unsaturated/α-hetero) is 1. The molecule has 2 fully saturated rings. The lowest BCUT2D eigenvalue weighted by Crippen LogP contribution is -2.52. The van der Waals surface area contributed by atoms with Crippen LogP contribution in [0.15, 0.2) is 71.8 Å². The summed E-state index contributed by atoms with van der Waals surface area (Å²) in [6, 6.07) is 17.5. The van der Waals surface area contributed by atoms with Crippen LogP contribution in [0.2, 0.25) is 0 Å². The van der Waals surface area contributed by atoms with Gasteiger partial charge in [0, 0.05) is 56.7 Å². The molecule has 1 unspecified atom stereocenters. The number of nitrogens with one attached hydrogen (secondary N) is 1. The zero-order valence-electron chi connectivity index (χ0n) is 24.9. The van der Waals surface area contributed by atoms with Crippen molar-refractivity contribution in [1.82, 2.24) is 20.1 Å². The fourth-order valence-electron chi connectivity index (χ4n) is 5.74. The standard InChI is InChI=1S/C33H34FN5O5S/c1-45(43,44)27-9-6-24(7-10-27)31(40)25-12-16-39(17-13-25)33(42)26-8-11-30(36-19-26)32(41)37-29-14-15-38(21-28(29)34)20-23-4-2-22(18-35)3-5-23/h2-11,19,25,28-29H,12-17,20-21H2,1H3,(H,37,41)/t28-,29?/m1/s1. The number of carbonyl (C=O) groups is 3. The Morgan fingerprint density at radius 3 is 2.20 bits per heavy atom. The molecule has 1 N–H and O–H groups in total. The number of carbonyl (C=O) groups excluding carboxylic acids is 3. The summed E-state index contributed by atoms with van der Waals surface area (Å²) in [5.74, 6) is -1.11. The summed E-state index contributed by atoms with van der Waals surface area (Å²) in [5.41, 5.74) is 2.40. The van der Waals surface area contributed by atoms with Crippen LogP contribution in [0.3, 0.4) is 0 Å². The average molecular weight is 632 g/mol. The number of benzene rings is 2. The second kappa shape index (κ2) is 13.7. The Kier molecular flexibility index (Phi) is 9.70. The maximum Gasteiger partial charge on any atom is 0.270 e. The number of nitrogens with zero attached hydrogens (tertiary/aromatic N) is 4. The fraction of sp³-hybridized carbons (Fsp3) is 0.364. The van der Waals surface area contributed by atoms with Crippen LogP contribution in [0.5, 0.6) is 0 Å². The Labute approximate surface area is 261 Å². The number of alkyl halides is 1. The largest absolute Gasteiger partial charge is 0.345 e. The highest BCUT2D eigenvalue weighted by Crippen LogP contribution is 2.24. The molecule has 0 radical (unpaired) electrons. The molecule has 2 aliphatic rings. The van der Waals surface area contributed by atoms with E-state index in [4.69, 9.17) is 5.26 Å². The lowest BCUT2D eigenvalue weighted by atomic mass is 9.88. The van der Waals surface area contributed by atoms with Crippen molar-refractivity contribution in [2.24, 2.45) is 5.92 Å². The van der Waals surface area contributed by atoms with Crippen LogP contribution in [0.25, 0.3) is 0 Å². The van der Waals surface area contributed by atoms with Crippen molar-refractivity contribution in [3.8, 4) is 6.07 Å². The van der Waals surface area contributed by atoms with E-state index in [0.717, 1.165) is 11.8 Å². The molecule has 0 saturated carbocycles. The summed E-state index contributed by atoms with van der Waals surface area (Å²) in [5, 5.41) is 11.7. The highest BCUT2D eigenvalue weighted by molar-refractivity contribution is 7.90. The Morgan fingerprint density at radius 2 is 1.62 bits per heavy atom. The number of halogens is 1. The first kappa shape index (κ1) is 31.9. The van der Waals surface area contributed by atoms with Gasteiger partial charge in [0.25, 0.3) is 11.8 Å². The lowest BCUT2D eigenvalue weighted by molar-refractivity contribution is 0.0649. The molecular weight excluding hydrogens is 597 g/mol. The maximum absolute atomic E-state index is 15.0. The normalized spacial score (nSPS) is 19.4. The quantitative estimate of drug-likeness (QED) is 0.373. The van der Waals surface area contributed by atoms with E-state index >= 15 is 0 Å². The first-order valence-corrected chi connectivity index (χ1v) is 16.7. The van der Waals surface area contributed by atoms with Gasteiger partial charge in [0.15, 0.2) is 15.6 Å². The number of amides is 2. The lowest BCUT2D eigenvalue weighted by Gasteiger charge is -2.35. The predicted molar refractivity (Wildman–Crippen MR) is 164 cm³/mol. The minimum absolute atomic E-state index is 0.0771. The Bertz CT molecular complexity index is 1700. The van der Waals surface area contributed by atoms with Crippen molar-refractivity contribution >= 4 is 27.4 Å². The van der Waals surface area contributed by atoms with Gasteiger partial charge in [0.2, 0.25) is 0 Å². The minimum Gasteiger partial charge on any atom is -0.345 e. The van der Waals surface area contributed by atoms with E-state index in [-0.39, 0.29) is 34.7 Å². The second-order valence-corrected chi connectivity index (χ2v) is 13.6. The molecule has 2 atom stereocenters. The van der Waals surface area contributed by atoms with Crippen molar-refractivity contribution in [2.75, 3.05) is 32.4 Å². The summed E-state index contributed by atoms with van der Waals surface area (Å²) in [6.45, 7) is 2.08. The molecule has 2 saturated heterocycles. The smallest absolute Gasteiger partial charge is 0.270 e. The van der Waals surface area contributed by atoms with Gasteiger partial charge < -0.3 is 10.2 Å². The van der Waals surface area contributed by atoms with Crippen LogP contribution in [0.1, 0.15) is 61.6 Å². The van der Waals surface area contributed by atoms with Crippen molar-refractivity contribution in [3.63, 3.8) is 0 Å². The minimum atomic E-state index is -3.35. The van der Waals surface area contributed by atoms with E-state index in [2.05, 4.69) is 16.4 Å². The molecule has 3 heterocycles. The number of rotatable bonds is 8. The third-order valence-electron chi connectivity index (χ3n) is 8.39. The number of hydrogen-bond acceptors (Lipinski definition) is 8. The van der Waals surface area contributed by atoms with Crippen LogP contribution in [-0.2, 0) is 16.4 Å². The molecule has 0 aliphatic carbocycles. The van der Waals surface area contributed by atoms with Gasteiger partial charge in [-0.15, -0.1) is 0 Å². The molecule has 234 valence electrons. The molecule has 2 aromatic carbocycles. The van der Waals surface area contributed by atoms with Crippen molar-refractivity contribution in [2.45, 2.75) is 42.9 Å². The molecule has 12 heteroatoms. The van der Waals surface area contributed by atoms with Crippen LogP contribution >= 0.6 is 0 Å². The number of ketones is 1. The Balaban J connectivity index is 1.09. The Morgan fingerprint density at radius 1 is 0.956 bits per heavy atom. The van der Waals surface area contributed by atoms with E-state index in [1.165, 1.54) is 42.6 Å². The SMILES string of the molecule is CS(=O)(=O)c1ccc(C(=O)C2CCN(C(=O)c3ccc(C(=O)NC4CCN(Cc5ccc(C#N)cc5)C[C@H]4F)nc3)CC2)cc1. The maximum atomic E-state index is 15.0. The highest BCUT2D eigenvalue weighted by Gasteiger charge is 2.32. The molecule has 5 rings (SSSR count). The molecule has 0 bridgehead atoms. The summed E-state index contributed by atoms with van der Waals surface area (Å²) >= 11 is 0. The zero-order valence-corrected chi connectivity index (χ0v) is 25.7. The van der Waals surface area contributed by atoms with Crippen LogP contribution < -0.4 is 5.32 Å². The van der Waals surface area contributed by atoms with Crippen LogP contribution in [0, 0.1) is 17.2 Å². The molecular formula is C33H34FN5O5S. The zero-order chi connectivity index (χ0) is 32.1. The van der Waals surface area contributed by atoms with Gasteiger partial charge >= 0.3 is 0 Å². The van der Waals surface area contributed by atoms with Gasteiger partial charge in [-0.05, 0) is 61.2 Å². The summed E-state index contributed by atoms with van der Waals surface area (Å²) < 4.78 is 38.4. The first-order chi connectivity index (χ1) is 21.5. The van der Waals surface area contributed by atoms with Gasteiger partial charge in [-0.2, -0.15) is 5.26 Å². The van der Waals surface area contributed by atoms with Crippen molar-refractivity contribution < 1.29 is 27.2 Å². The number of sulfone groups is 1. The fourth-order valence-corrected chi connectivity index (χ4v) is 6.37. The monoisotopic (exact) mass is 631 g/mol. The second-order valence-electron chi connectivity index (χ2n) is 11.6. The number of hydrogen-bond donors (Lipinski definition) is 1.